The predicted octanol–water partition coefficient (Wildman–Crippen LogP) is 9.20. The predicted molar refractivity (Wildman–Crippen MR) is 157 cm³/mol. The fourth-order valence-electron chi connectivity index (χ4n) is 4.79. The third-order valence-corrected chi connectivity index (χ3v) is 7.46. The van der Waals surface area contributed by atoms with Crippen LogP contribution in [0, 0.1) is 0 Å². The second kappa shape index (κ2) is 15.3. The monoisotopic (exact) mass is 542 g/mol. The lowest BCUT2D eigenvalue weighted by Crippen LogP contribution is -2.13. The number of H-pyrrole nitrogens is 1. The van der Waals surface area contributed by atoms with E-state index in [-0.39, 0.29) is 18.0 Å². The van der Waals surface area contributed by atoms with Crippen molar-refractivity contribution in [3.63, 3.8) is 0 Å². The summed E-state index contributed by atoms with van der Waals surface area (Å²) in [7, 11) is 0. The summed E-state index contributed by atoms with van der Waals surface area (Å²) in [5, 5.41) is 9.76. The van der Waals surface area contributed by atoms with Gasteiger partial charge >= 0.3 is 5.97 Å². The highest BCUT2D eigenvalue weighted by molar-refractivity contribution is 6.34. The molecule has 1 aromatic carbocycles. The van der Waals surface area contributed by atoms with E-state index in [9.17, 15) is 4.79 Å². The highest BCUT2D eigenvalue weighted by Crippen LogP contribution is 2.32. The molecular formula is C31H47ClN4O2. The molecule has 38 heavy (non-hydrogen) atoms. The zero-order chi connectivity index (χ0) is 27.4. The van der Waals surface area contributed by atoms with E-state index in [1.165, 1.54) is 70.6 Å². The van der Waals surface area contributed by atoms with Gasteiger partial charge < -0.3 is 9.72 Å². The first kappa shape index (κ1) is 30.2. The Kier molecular flexibility index (Phi) is 12.2. The number of carbonyl (C=O) groups is 1. The van der Waals surface area contributed by atoms with E-state index < -0.39 is 0 Å². The van der Waals surface area contributed by atoms with Crippen LogP contribution in [0.15, 0.2) is 24.3 Å². The van der Waals surface area contributed by atoms with Gasteiger partial charge in [0, 0.05) is 23.0 Å². The van der Waals surface area contributed by atoms with Crippen LogP contribution in [-0.4, -0.2) is 25.8 Å². The minimum atomic E-state index is -0.175. The third-order valence-electron chi connectivity index (χ3n) is 7.10. The maximum Gasteiger partial charge on any atom is 0.306 e. The van der Waals surface area contributed by atoms with Crippen molar-refractivity contribution in [3.8, 4) is 11.4 Å². The molecule has 3 rings (SSSR count). The molecule has 210 valence electrons. The zero-order valence-corrected chi connectivity index (χ0v) is 24.7. The lowest BCUT2D eigenvalue weighted by atomic mass is 9.92. The summed E-state index contributed by atoms with van der Waals surface area (Å²) in [4.78, 5) is 15.7. The van der Waals surface area contributed by atoms with Gasteiger partial charge in [-0.15, -0.1) is 9.73 Å². The number of fused-ring (bicyclic) bond motifs is 1. The van der Waals surface area contributed by atoms with Crippen LogP contribution in [0.5, 0.6) is 0 Å². The molecule has 0 amide bonds. The van der Waals surface area contributed by atoms with Gasteiger partial charge in [-0.05, 0) is 6.42 Å². The van der Waals surface area contributed by atoms with Crippen LogP contribution in [0.4, 0.5) is 0 Å². The summed E-state index contributed by atoms with van der Waals surface area (Å²) >= 11 is 6.59. The average molecular weight is 543 g/mol. The summed E-state index contributed by atoms with van der Waals surface area (Å²) in [6.45, 7) is 8.71. The minimum absolute atomic E-state index is 0.144. The van der Waals surface area contributed by atoms with Gasteiger partial charge in [0.05, 0.1) is 5.69 Å². The Morgan fingerprint density at radius 2 is 1.47 bits per heavy atom. The van der Waals surface area contributed by atoms with Gasteiger partial charge in [-0.2, -0.15) is 5.10 Å². The number of benzene rings is 1. The smallest absolute Gasteiger partial charge is 0.306 e. The Hall–Kier alpha value is -2.34. The number of ether oxygens (including phenoxy) is 1. The van der Waals surface area contributed by atoms with Crippen molar-refractivity contribution in [1.29, 1.82) is 0 Å². The average Bonchev–Trinajstić information content (AvgIpc) is 3.45. The van der Waals surface area contributed by atoms with Crippen molar-refractivity contribution < 1.29 is 9.53 Å². The summed E-state index contributed by atoms with van der Waals surface area (Å²) in [6.07, 6.45) is 17.3. The molecule has 3 aromatic rings. The Balaban J connectivity index is 1.36. The molecule has 0 unspecified atom stereocenters. The minimum Gasteiger partial charge on any atom is -0.461 e. The highest BCUT2D eigenvalue weighted by atomic mass is 35.5. The first-order chi connectivity index (χ1) is 18.3. The van der Waals surface area contributed by atoms with Gasteiger partial charge in [0.2, 0.25) is 0 Å². The van der Waals surface area contributed by atoms with E-state index in [1.54, 1.807) is 4.63 Å². The molecule has 0 atom stereocenters. The summed E-state index contributed by atoms with van der Waals surface area (Å²) in [5.41, 5.74) is 3.07. The first-order valence-electron chi connectivity index (χ1n) is 14.7. The maximum atomic E-state index is 12.4. The largest absolute Gasteiger partial charge is 0.461 e. The molecule has 0 saturated carbocycles. The van der Waals surface area contributed by atoms with Crippen LogP contribution < -0.4 is 0 Å². The zero-order valence-electron chi connectivity index (χ0n) is 24.0. The molecule has 0 aliphatic heterocycles. The van der Waals surface area contributed by atoms with Gasteiger partial charge in [-0.1, -0.05) is 141 Å². The molecule has 0 bridgehead atoms. The van der Waals surface area contributed by atoms with Crippen molar-refractivity contribution in [1.82, 2.24) is 19.8 Å². The standard InChI is InChI=1S/C31H47ClN4O2/c1-5-6-7-8-9-10-11-12-13-14-15-16-17-22-26(37)38-23-24-20-18-19-21-25(24)29-33-30-27(32)28(31(2,3)4)34-36(30)35-29/h18-21H,5-17,22-23H2,1-4H3,(H,33,35). The summed E-state index contributed by atoms with van der Waals surface area (Å²) in [6, 6.07) is 7.81. The molecule has 6 nitrogen and oxygen atoms in total. The number of hydrogen-bond acceptors (Lipinski definition) is 4. The van der Waals surface area contributed by atoms with E-state index >= 15 is 0 Å². The number of nitrogens with zero attached hydrogens (tertiary/aromatic N) is 3. The Morgan fingerprint density at radius 1 is 0.895 bits per heavy atom. The van der Waals surface area contributed by atoms with Crippen molar-refractivity contribution in [3.05, 3.63) is 40.5 Å². The molecule has 7 heteroatoms. The van der Waals surface area contributed by atoms with E-state index in [1.807, 2.05) is 24.3 Å². The van der Waals surface area contributed by atoms with Crippen molar-refractivity contribution in [2.24, 2.45) is 0 Å². The third kappa shape index (κ3) is 9.14. The number of aromatic amines is 1. The van der Waals surface area contributed by atoms with Gasteiger partial charge in [0.15, 0.2) is 11.5 Å². The van der Waals surface area contributed by atoms with Crippen molar-refractivity contribution in [2.75, 3.05) is 0 Å². The second-order valence-electron chi connectivity index (χ2n) is 11.5. The number of hydrogen-bond donors (Lipinski definition) is 1. The molecule has 2 heterocycles. The summed E-state index contributed by atoms with van der Waals surface area (Å²) in [5.74, 6) is 0.507. The highest BCUT2D eigenvalue weighted by Gasteiger charge is 2.25. The molecule has 0 aliphatic carbocycles. The fourth-order valence-corrected chi connectivity index (χ4v) is 5.24. The van der Waals surface area contributed by atoms with Gasteiger partial charge in [-0.25, -0.2) is 0 Å². The number of nitrogens with one attached hydrogen (secondary N) is 1. The number of unbranched alkanes of at least 4 members (excludes halogenated alkanes) is 12. The quantitative estimate of drug-likeness (QED) is 0.136. The lowest BCUT2D eigenvalue weighted by molar-refractivity contribution is -0.145. The Labute approximate surface area is 233 Å². The van der Waals surface area contributed by atoms with E-state index in [0.717, 1.165) is 29.7 Å². The molecule has 2 aromatic heterocycles. The Morgan fingerprint density at radius 3 is 2.05 bits per heavy atom. The molecule has 0 spiro atoms. The van der Waals surface area contributed by atoms with Crippen LogP contribution in [0.25, 0.3) is 17.0 Å². The van der Waals surface area contributed by atoms with Crippen LogP contribution in [0.3, 0.4) is 0 Å². The lowest BCUT2D eigenvalue weighted by Gasteiger charge is -2.14. The molecule has 0 aliphatic rings. The number of aromatic nitrogens is 4. The molecule has 0 radical (unpaired) electrons. The van der Waals surface area contributed by atoms with Crippen molar-refractivity contribution in [2.45, 2.75) is 130 Å². The van der Waals surface area contributed by atoms with Gasteiger partial charge in [0.25, 0.3) is 0 Å². The van der Waals surface area contributed by atoms with E-state index in [0.29, 0.717) is 22.9 Å². The van der Waals surface area contributed by atoms with E-state index in [2.05, 4.69) is 42.9 Å². The van der Waals surface area contributed by atoms with Crippen LogP contribution in [0.1, 0.15) is 129 Å². The second-order valence-corrected chi connectivity index (χ2v) is 11.9. The van der Waals surface area contributed by atoms with Gasteiger partial charge in [-0.3, -0.25) is 4.79 Å². The number of rotatable bonds is 17. The number of esters is 1. The topological polar surface area (TPSA) is 72.3 Å². The SMILES string of the molecule is CCCCCCCCCCCCCCCC(=O)OCc1ccccc1-c1nn2nc(C(C)(C)C)c(Cl)c2[nH]1. The summed E-state index contributed by atoms with van der Waals surface area (Å²) < 4.78 is 7.16. The Bertz CT molecular complexity index is 1130. The number of carbonyl (C=O) groups excluding carboxylic acids is 1. The number of halogens is 1. The fraction of sp³-hybridized carbons (Fsp3) is 0.645. The van der Waals surface area contributed by atoms with Crippen LogP contribution >= 0.6 is 11.6 Å². The molecule has 0 saturated heterocycles. The molecular weight excluding hydrogens is 496 g/mol. The molecule has 0 fully saturated rings. The van der Waals surface area contributed by atoms with Crippen molar-refractivity contribution >= 4 is 23.2 Å². The normalized spacial score (nSPS) is 11.9. The van der Waals surface area contributed by atoms with E-state index in [4.69, 9.17) is 16.3 Å². The molecule has 1 N–H and O–H groups in total. The van der Waals surface area contributed by atoms with Crippen LogP contribution in [0.2, 0.25) is 5.02 Å². The maximum absolute atomic E-state index is 12.4. The van der Waals surface area contributed by atoms with Gasteiger partial charge in [0.1, 0.15) is 11.6 Å². The van der Waals surface area contributed by atoms with Crippen LogP contribution in [-0.2, 0) is 21.6 Å². The first-order valence-corrected chi connectivity index (χ1v) is 15.1.